The molecule has 1 saturated heterocycles. The normalized spacial score (nSPS) is 15.3. The first-order valence-corrected chi connectivity index (χ1v) is 7.27. The molecule has 0 aliphatic carbocycles. The predicted molar refractivity (Wildman–Crippen MR) is 72.9 cm³/mol. The summed E-state index contributed by atoms with van der Waals surface area (Å²) in [6.45, 7) is -1.54. The molecule has 0 saturated carbocycles. The first-order valence-electron chi connectivity index (χ1n) is 6.11. The Balaban J connectivity index is 2.17. The van der Waals surface area contributed by atoms with Crippen LogP contribution in [0.25, 0.3) is 0 Å². The predicted octanol–water partition coefficient (Wildman–Crippen LogP) is 2.49. The second-order valence-corrected chi connectivity index (χ2v) is 5.37. The highest BCUT2D eigenvalue weighted by Crippen LogP contribution is 2.30. The van der Waals surface area contributed by atoms with Gasteiger partial charge in [0.1, 0.15) is 0 Å². The van der Waals surface area contributed by atoms with Crippen molar-refractivity contribution >= 4 is 17.7 Å². The Morgan fingerprint density at radius 2 is 2.00 bits per heavy atom. The smallest absolute Gasteiger partial charge is 0.387 e. The molecule has 0 radical (unpaired) electrons. The lowest BCUT2D eigenvalue weighted by Crippen LogP contribution is -2.37. The lowest BCUT2D eigenvalue weighted by Gasteiger charge is -2.26. The molecule has 1 aliphatic heterocycles. The van der Waals surface area contributed by atoms with Gasteiger partial charge in [0.15, 0.2) is 11.5 Å². The SMILES string of the molecule is COc1cc(C(=O)N2CCSCC2)ccc1OC(F)F. The third-order valence-electron chi connectivity index (χ3n) is 2.92. The van der Waals surface area contributed by atoms with E-state index in [4.69, 9.17) is 4.74 Å². The molecular formula is C13H15F2NO3S. The third-order valence-corrected chi connectivity index (χ3v) is 3.87. The third kappa shape index (κ3) is 3.53. The van der Waals surface area contributed by atoms with E-state index >= 15 is 0 Å². The van der Waals surface area contributed by atoms with Gasteiger partial charge in [-0.05, 0) is 18.2 Å². The number of carbonyl (C=O) groups excluding carboxylic acids is 1. The number of amides is 1. The lowest BCUT2D eigenvalue weighted by molar-refractivity contribution is -0.0512. The average Bonchev–Trinajstić information content (AvgIpc) is 2.47. The monoisotopic (exact) mass is 303 g/mol. The molecule has 1 amide bonds. The highest BCUT2D eigenvalue weighted by atomic mass is 32.2. The molecule has 110 valence electrons. The van der Waals surface area contributed by atoms with E-state index < -0.39 is 6.61 Å². The van der Waals surface area contributed by atoms with Crippen LogP contribution in [-0.2, 0) is 0 Å². The minimum absolute atomic E-state index is 0.0757. The highest BCUT2D eigenvalue weighted by molar-refractivity contribution is 7.99. The van der Waals surface area contributed by atoms with Crippen molar-refractivity contribution in [3.05, 3.63) is 23.8 Å². The van der Waals surface area contributed by atoms with Gasteiger partial charge in [0, 0.05) is 30.2 Å². The Kier molecular flexibility index (Phi) is 5.05. The largest absolute Gasteiger partial charge is 0.493 e. The van der Waals surface area contributed by atoms with Crippen molar-refractivity contribution < 1.29 is 23.0 Å². The van der Waals surface area contributed by atoms with Crippen LogP contribution >= 0.6 is 11.8 Å². The number of halogens is 2. The zero-order chi connectivity index (χ0) is 14.5. The summed E-state index contributed by atoms with van der Waals surface area (Å²) in [5.74, 6) is 1.76. The van der Waals surface area contributed by atoms with Gasteiger partial charge in [-0.25, -0.2) is 0 Å². The Hall–Kier alpha value is -1.50. The number of carbonyl (C=O) groups is 1. The Bertz CT molecular complexity index is 479. The van der Waals surface area contributed by atoms with E-state index in [0.717, 1.165) is 11.5 Å². The summed E-state index contributed by atoms with van der Waals surface area (Å²) in [7, 11) is 1.35. The first-order chi connectivity index (χ1) is 9.61. The van der Waals surface area contributed by atoms with Crippen LogP contribution < -0.4 is 9.47 Å². The summed E-state index contributed by atoms with van der Waals surface area (Å²) >= 11 is 1.81. The van der Waals surface area contributed by atoms with Crippen LogP contribution in [0.1, 0.15) is 10.4 Å². The van der Waals surface area contributed by atoms with Gasteiger partial charge in [-0.15, -0.1) is 0 Å². The molecule has 1 aliphatic rings. The summed E-state index contributed by atoms with van der Waals surface area (Å²) in [5.41, 5.74) is 0.412. The molecule has 0 bridgehead atoms. The number of alkyl halides is 2. The zero-order valence-electron chi connectivity index (χ0n) is 11.0. The zero-order valence-corrected chi connectivity index (χ0v) is 11.8. The van der Waals surface area contributed by atoms with Crippen LogP contribution in [0.4, 0.5) is 8.78 Å². The van der Waals surface area contributed by atoms with Crippen molar-refractivity contribution in [1.82, 2.24) is 4.90 Å². The highest BCUT2D eigenvalue weighted by Gasteiger charge is 2.20. The fraction of sp³-hybridized carbons (Fsp3) is 0.462. The van der Waals surface area contributed by atoms with E-state index in [-0.39, 0.29) is 17.4 Å². The molecular weight excluding hydrogens is 288 g/mol. The first kappa shape index (κ1) is 14.9. The van der Waals surface area contributed by atoms with Crippen LogP contribution in [-0.4, -0.2) is 49.1 Å². The quantitative estimate of drug-likeness (QED) is 0.856. The number of thioether (sulfide) groups is 1. The molecule has 0 aromatic heterocycles. The molecule has 1 aromatic rings. The molecule has 1 heterocycles. The second kappa shape index (κ2) is 6.78. The van der Waals surface area contributed by atoms with E-state index in [0.29, 0.717) is 18.7 Å². The summed E-state index contributed by atoms with van der Waals surface area (Å²) in [5, 5.41) is 0. The van der Waals surface area contributed by atoms with E-state index in [1.165, 1.54) is 25.3 Å². The molecule has 0 unspecified atom stereocenters. The summed E-state index contributed by atoms with van der Waals surface area (Å²) in [4.78, 5) is 14.0. The number of hydrogen-bond donors (Lipinski definition) is 0. The summed E-state index contributed by atoms with van der Waals surface area (Å²) < 4.78 is 33.8. The average molecular weight is 303 g/mol. The summed E-state index contributed by atoms with van der Waals surface area (Å²) in [6, 6.07) is 4.24. The fourth-order valence-electron chi connectivity index (χ4n) is 1.94. The Morgan fingerprint density at radius 3 is 2.60 bits per heavy atom. The Morgan fingerprint density at radius 1 is 1.30 bits per heavy atom. The van der Waals surface area contributed by atoms with Crippen LogP contribution in [0.5, 0.6) is 11.5 Å². The van der Waals surface area contributed by atoms with Gasteiger partial charge in [-0.3, -0.25) is 4.79 Å². The van der Waals surface area contributed by atoms with Crippen LogP contribution in [0.3, 0.4) is 0 Å². The van der Waals surface area contributed by atoms with Gasteiger partial charge in [0.2, 0.25) is 0 Å². The number of ether oxygens (including phenoxy) is 2. The molecule has 1 aromatic carbocycles. The molecule has 20 heavy (non-hydrogen) atoms. The van der Waals surface area contributed by atoms with Gasteiger partial charge in [0.05, 0.1) is 7.11 Å². The maximum absolute atomic E-state index is 12.3. The van der Waals surface area contributed by atoms with Crippen molar-refractivity contribution in [2.24, 2.45) is 0 Å². The second-order valence-electron chi connectivity index (χ2n) is 4.15. The van der Waals surface area contributed by atoms with Gasteiger partial charge >= 0.3 is 6.61 Å². The number of nitrogens with zero attached hydrogens (tertiary/aromatic N) is 1. The van der Waals surface area contributed by atoms with Crippen LogP contribution in [0, 0.1) is 0 Å². The minimum Gasteiger partial charge on any atom is -0.493 e. The fourth-order valence-corrected chi connectivity index (χ4v) is 2.85. The van der Waals surface area contributed by atoms with Crippen molar-refractivity contribution in [3.63, 3.8) is 0 Å². The van der Waals surface area contributed by atoms with Gasteiger partial charge in [-0.1, -0.05) is 0 Å². The number of methoxy groups -OCH3 is 1. The van der Waals surface area contributed by atoms with E-state index in [9.17, 15) is 13.6 Å². The van der Waals surface area contributed by atoms with Crippen molar-refractivity contribution in [1.29, 1.82) is 0 Å². The van der Waals surface area contributed by atoms with Crippen LogP contribution in [0.15, 0.2) is 18.2 Å². The molecule has 0 atom stereocenters. The van der Waals surface area contributed by atoms with Gasteiger partial charge in [-0.2, -0.15) is 20.5 Å². The standard InChI is InChI=1S/C13H15F2NO3S/c1-18-11-8-9(2-3-10(11)19-13(14)15)12(17)16-4-6-20-7-5-16/h2-3,8,13H,4-7H2,1H3. The topological polar surface area (TPSA) is 38.8 Å². The van der Waals surface area contributed by atoms with Gasteiger partial charge < -0.3 is 14.4 Å². The molecule has 7 heteroatoms. The number of hydrogen-bond acceptors (Lipinski definition) is 4. The van der Waals surface area contributed by atoms with Crippen molar-refractivity contribution in [3.8, 4) is 11.5 Å². The molecule has 0 N–H and O–H groups in total. The molecule has 1 fully saturated rings. The molecule has 0 spiro atoms. The molecule has 4 nitrogen and oxygen atoms in total. The lowest BCUT2D eigenvalue weighted by atomic mass is 10.1. The Labute approximate surface area is 120 Å². The minimum atomic E-state index is -2.93. The van der Waals surface area contributed by atoms with Crippen molar-refractivity contribution in [2.45, 2.75) is 6.61 Å². The van der Waals surface area contributed by atoms with E-state index in [2.05, 4.69) is 4.74 Å². The maximum atomic E-state index is 12.3. The van der Waals surface area contributed by atoms with Crippen molar-refractivity contribution in [2.75, 3.05) is 31.7 Å². The van der Waals surface area contributed by atoms with E-state index in [1.807, 2.05) is 0 Å². The maximum Gasteiger partial charge on any atom is 0.387 e. The van der Waals surface area contributed by atoms with Gasteiger partial charge in [0.25, 0.3) is 5.91 Å². The van der Waals surface area contributed by atoms with Crippen LogP contribution in [0.2, 0.25) is 0 Å². The van der Waals surface area contributed by atoms with E-state index in [1.54, 1.807) is 16.7 Å². The summed E-state index contributed by atoms with van der Waals surface area (Å²) in [6.07, 6.45) is 0. The number of benzene rings is 1. The number of rotatable bonds is 4. The molecule has 2 rings (SSSR count).